The van der Waals surface area contributed by atoms with E-state index in [9.17, 15) is 4.79 Å². The van der Waals surface area contributed by atoms with Crippen molar-refractivity contribution < 1.29 is 4.79 Å². The minimum atomic E-state index is 0.166. The predicted molar refractivity (Wildman–Crippen MR) is 129 cm³/mol. The van der Waals surface area contributed by atoms with Gasteiger partial charge in [0, 0.05) is 44.3 Å². The van der Waals surface area contributed by atoms with Crippen LogP contribution in [0.2, 0.25) is 0 Å². The highest BCUT2D eigenvalue weighted by Crippen LogP contribution is 2.24. The molecule has 6 nitrogen and oxygen atoms in total. The lowest BCUT2D eigenvalue weighted by Crippen LogP contribution is -2.51. The minimum absolute atomic E-state index is 0.166. The summed E-state index contributed by atoms with van der Waals surface area (Å²) >= 11 is 0. The second-order valence-corrected chi connectivity index (χ2v) is 8.96. The summed E-state index contributed by atoms with van der Waals surface area (Å²) in [5.74, 6) is 1.66. The van der Waals surface area contributed by atoms with Crippen LogP contribution >= 0.6 is 0 Å². The number of imidazole rings is 1. The number of fused-ring (bicyclic) bond motifs is 1. The summed E-state index contributed by atoms with van der Waals surface area (Å²) in [7, 11) is 0. The van der Waals surface area contributed by atoms with Crippen LogP contribution in [-0.2, 0) is 17.9 Å². The normalized spacial score (nSPS) is 18.4. The van der Waals surface area contributed by atoms with Gasteiger partial charge >= 0.3 is 0 Å². The van der Waals surface area contributed by atoms with Crippen LogP contribution in [0.5, 0.6) is 0 Å². The monoisotopic (exact) mass is 431 g/mol. The Morgan fingerprint density at radius 3 is 2.31 bits per heavy atom. The fourth-order valence-electron chi connectivity index (χ4n) is 5.22. The second kappa shape index (κ2) is 9.33. The van der Waals surface area contributed by atoms with Crippen molar-refractivity contribution in [3.63, 3.8) is 0 Å². The molecule has 32 heavy (non-hydrogen) atoms. The highest BCUT2D eigenvalue weighted by molar-refractivity contribution is 5.79. The van der Waals surface area contributed by atoms with Gasteiger partial charge in [0.25, 0.3) is 0 Å². The number of amides is 1. The maximum absolute atomic E-state index is 13.2. The molecule has 5 rings (SSSR count). The molecule has 2 saturated heterocycles. The van der Waals surface area contributed by atoms with E-state index in [0.717, 1.165) is 76.5 Å². The number of carbonyl (C=O) groups excluding carboxylic acids is 1. The van der Waals surface area contributed by atoms with E-state index in [-0.39, 0.29) is 5.92 Å². The molecule has 0 radical (unpaired) electrons. The number of benzene rings is 2. The summed E-state index contributed by atoms with van der Waals surface area (Å²) in [4.78, 5) is 25.0. The fraction of sp³-hybridized carbons (Fsp3) is 0.462. The molecule has 168 valence electrons. The molecule has 3 aromatic rings. The minimum Gasteiger partial charge on any atom is -0.368 e. The largest absolute Gasteiger partial charge is 0.368 e. The molecule has 0 unspecified atom stereocenters. The van der Waals surface area contributed by atoms with Gasteiger partial charge in [-0.3, -0.25) is 9.69 Å². The van der Waals surface area contributed by atoms with Crippen molar-refractivity contribution in [3.05, 3.63) is 60.4 Å². The van der Waals surface area contributed by atoms with Crippen LogP contribution in [0.25, 0.3) is 11.0 Å². The van der Waals surface area contributed by atoms with Crippen LogP contribution in [0.1, 0.15) is 25.6 Å². The number of nitrogens with zero attached hydrogens (tertiary/aromatic N) is 5. The van der Waals surface area contributed by atoms with Crippen molar-refractivity contribution in [1.29, 1.82) is 0 Å². The lowest BCUT2D eigenvalue weighted by Gasteiger charge is -2.39. The molecule has 1 aromatic heterocycles. The summed E-state index contributed by atoms with van der Waals surface area (Å²) in [5, 5.41) is 0. The summed E-state index contributed by atoms with van der Waals surface area (Å²) < 4.78 is 2.32. The average Bonchev–Trinajstić information content (AvgIpc) is 3.21. The van der Waals surface area contributed by atoms with Gasteiger partial charge in [0.1, 0.15) is 5.82 Å². The van der Waals surface area contributed by atoms with E-state index < -0.39 is 0 Å². The van der Waals surface area contributed by atoms with Crippen molar-refractivity contribution in [2.75, 3.05) is 44.2 Å². The molecule has 0 saturated carbocycles. The second-order valence-electron chi connectivity index (χ2n) is 8.96. The SMILES string of the molecule is CCn1c(CN2CCC(C(=O)N3CCN(c4ccccc4)CC3)CC2)nc2ccccc21. The van der Waals surface area contributed by atoms with Crippen LogP contribution in [0.3, 0.4) is 0 Å². The van der Waals surface area contributed by atoms with Crippen molar-refractivity contribution >= 4 is 22.6 Å². The van der Waals surface area contributed by atoms with Gasteiger partial charge in [-0.25, -0.2) is 4.98 Å². The number of carbonyl (C=O) groups is 1. The Morgan fingerprint density at radius 1 is 0.906 bits per heavy atom. The van der Waals surface area contributed by atoms with Gasteiger partial charge in [0.2, 0.25) is 5.91 Å². The molecule has 0 bridgehead atoms. The van der Waals surface area contributed by atoms with Crippen molar-refractivity contribution in [3.8, 4) is 0 Å². The van der Waals surface area contributed by atoms with Crippen LogP contribution in [0.4, 0.5) is 5.69 Å². The first-order valence-corrected chi connectivity index (χ1v) is 12.0. The van der Waals surface area contributed by atoms with E-state index >= 15 is 0 Å². The van der Waals surface area contributed by atoms with Gasteiger partial charge < -0.3 is 14.4 Å². The summed E-state index contributed by atoms with van der Waals surface area (Å²) in [6.07, 6.45) is 1.90. The zero-order valence-electron chi connectivity index (χ0n) is 19.0. The van der Waals surface area contributed by atoms with Gasteiger partial charge in [0.05, 0.1) is 17.6 Å². The standard InChI is InChI=1S/C26H33N5O/c1-2-31-24-11-7-6-10-23(24)27-25(31)20-28-14-12-21(13-15-28)26(32)30-18-16-29(17-19-30)22-8-4-3-5-9-22/h3-11,21H,2,12-20H2,1H3. The van der Waals surface area contributed by atoms with Crippen molar-refractivity contribution in [2.45, 2.75) is 32.9 Å². The van der Waals surface area contributed by atoms with Crippen LogP contribution in [0.15, 0.2) is 54.6 Å². The number of aromatic nitrogens is 2. The fourth-order valence-corrected chi connectivity index (χ4v) is 5.22. The molecule has 2 aliphatic heterocycles. The topological polar surface area (TPSA) is 44.6 Å². The Bertz CT molecular complexity index is 1050. The van der Waals surface area contributed by atoms with E-state index in [1.165, 1.54) is 11.2 Å². The molecule has 3 heterocycles. The zero-order chi connectivity index (χ0) is 21.9. The smallest absolute Gasteiger partial charge is 0.225 e. The molecule has 1 amide bonds. The molecule has 0 atom stereocenters. The molecule has 0 N–H and O–H groups in total. The van der Waals surface area contributed by atoms with E-state index in [1.54, 1.807) is 0 Å². The van der Waals surface area contributed by atoms with Crippen LogP contribution in [0, 0.1) is 5.92 Å². The quantitative estimate of drug-likeness (QED) is 0.619. The number of hydrogen-bond acceptors (Lipinski definition) is 4. The van der Waals surface area contributed by atoms with Gasteiger partial charge in [-0.1, -0.05) is 30.3 Å². The number of piperidine rings is 1. The Morgan fingerprint density at radius 2 is 1.59 bits per heavy atom. The number of rotatable bonds is 5. The van der Waals surface area contributed by atoms with Crippen LogP contribution < -0.4 is 4.90 Å². The molecule has 6 heteroatoms. The number of piperazine rings is 1. The summed E-state index contributed by atoms with van der Waals surface area (Å²) in [6, 6.07) is 18.9. The Hall–Kier alpha value is -2.86. The van der Waals surface area contributed by atoms with E-state index in [0.29, 0.717) is 5.91 Å². The number of anilines is 1. The number of aryl methyl sites for hydroxylation is 1. The van der Waals surface area contributed by atoms with E-state index in [1.807, 2.05) is 6.07 Å². The summed E-state index contributed by atoms with van der Waals surface area (Å²) in [6.45, 7) is 9.40. The highest BCUT2D eigenvalue weighted by Gasteiger charge is 2.31. The average molecular weight is 432 g/mol. The Kier molecular flexibility index (Phi) is 6.12. The van der Waals surface area contributed by atoms with Gasteiger partial charge in [0.15, 0.2) is 0 Å². The third-order valence-corrected chi connectivity index (χ3v) is 7.06. The van der Waals surface area contributed by atoms with E-state index in [2.05, 4.69) is 74.7 Å². The van der Waals surface area contributed by atoms with Gasteiger partial charge in [-0.2, -0.15) is 0 Å². The van der Waals surface area contributed by atoms with Crippen molar-refractivity contribution in [1.82, 2.24) is 19.4 Å². The Balaban J connectivity index is 1.14. The third kappa shape index (κ3) is 4.24. The van der Waals surface area contributed by atoms with Gasteiger partial charge in [-0.05, 0) is 57.1 Å². The van der Waals surface area contributed by atoms with Crippen LogP contribution in [-0.4, -0.2) is 64.5 Å². The lowest BCUT2D eigenvalue weighted by atomic mass is 9.95. The third-order valence-electron chi connectivity index (χ3n) is 7.06. The first kappa shape index (κ1) is 21.0. The molecular weight excluding hydrogens is 398 g/mol. The predicted octanol–water partition coefficient (Wildman–Crippen LogP) is 3.62. The highest BCUT2D eigenvalue weighted by atomic mass is 16.2. The number of likely N-dealkylation sites (tertiary alicyclic amines) is 1. The number of hydrogen-bond donors (Lipinski definition) is 0. The van der Waals surface area contributed by atoms with Crippen molar-refractivity contribution in [2.24, 2.45) is 5.92 Å². The lowest BCUT2D eigenvalue weighted by molar-refractivity contribution is -0.137. The Labute approximate surface area is 190 Å². The number of para-hydroxylation sites is 3. The molecule has 0 aliphatic carbocycles. The molecule has 2 aliphatic rings. The molecule has 2 fully saturated rings. The summed E-state index contributed by atoms with van der Waals surface area (Å²) in [5.41, 5.74) is 3.54. The molecule has 2 aromatic carbocycles. The first-order valence-electron chi connectivity index (χ1n) is 12.0. The molecule has 0 spiro atoms. The zero-order valence-corrected chi connectivity index (χ0v) is 19.0. The maximum atomic E-state index is 13.2. The van der Waals surface area contributed by atoms with Gasteiger partial charge in [-0.15, -0.1) is 0 Å². The first-order chi connectivity index (χ1) is 15.7. The molecular formula is C26H33N5O. The maximum Gasteiger partial charge on any atom is 0.225 e. The van der Waals surface area contributed by atoms with E-state index in [4.69, 9.17) is 4.98 Å².